The second kappa shape index (κ2) is 7.72. The monoisotopic (exact) mass is 482 g/mol. The Labute approximate surface area is 188 Å². The number of nitrogens with zero attached hydrogens (tertiary/aromatic N) is 4. The van der Waals surface area contributed by atoms with Crippen LogP contribution in [0.15, 0.2) is 28.6 Å². The number of anilines is 2. The Morgan fingerprint density at radius 1 is 1.15 bits per heavy atom. The number of rotatable bonds is 4. The van der Waals surface area contributed by atoms with Crippen molar-refractivity contribution in [1.29, 1.82) is 0 Å². The lowest BCUT2D eigenvalue weighted by atomic mass is 10.0. The first-order chi connectivity index (χ1) is 15.7. The second-order valence-electron chi connectivity index (χ2n) is 8.08. The van der Waals surface area contributed by atoms with Crippen LogP contribution in [-0.2, 0) is 6.18 Å². The fourth-order valence-corrected chi connectivity index (χ4v) is 5.04. The number of carbonyl (C=O) groups is 1. The summed E-state index contributed by atoms with van der Waals surface area (Å²) in [4.78, 5) is 31.7. The Bertz CT molecular complexity index is 1290. The fourth-order valence-electron chi connectivity index (χ4n) is 4.34. The molecule has 33 heavy (non-hydrogen) atoms. The molecule has 1 saturated carbocycles. The van der Waals surface area contributed by atoms with E-state index in [1.807, 2.05) is 4.90 Å². The average Bonchev–Trinajstić information content (AvgIpc) is 3.45. The van der Waals surface area contributed by atoms with Gasteiger partial charge in [0, 0.05) is 50.0 Å². The van der Waals surface area contributed by atoms with Crippen LogP contribution in [0, 0.1) is 5.82 Å². The maximum atomic E-state index is 15.3. The molecule has 0 spiro atoms. The van der Waals surface area contributed by atoms with E-state index in [9.17, 15) is 27.9 Å². The minimum atomic E-state index is -4.96. The number of alkyl halides is 3. The van der Waals surface area contributed by atoms with Crippen LogP contribution in [0.25, 0.3) is 10.9 Å². The number of carboxylic acids is 1. The maximum absolute atomic E-state index is 15.3. The Kier molecular flexibility index (Phi) is 5.07. The van der Waals surface area contributed by atoms with Gasteiger partial charge in [0.05, 0.1) is 16.6 Å². The van der Waals surface area contributed by atoms with Crippen molar-refractivity contribution in [2.75, 3.05) is 36.0 Å². The summed E-state index contributed by atoms with van der Waals surface area (Å²) in [5.74, 6) is -2.76. The van der Waals surface area contributed by atoms with Gasteiger partial charge in [0.15, 0.2) is 5.13 Å². The molecule has 0 bridgehead atoms. The number of pyridine rings is 1. The van der Waals surface area contributed by atoms with Gasteiger partial charge >= 0.3 is 12.1 Å². The van der Waals surface area contributed by atoms with Crippen molar-refractivity contribution in [2.24, 2.45) is 0 Å². The van der Waals surface area contributed by atoms with Crippen molar-refractivity contribution in [3.8, 4) is 0 Å². The summed E-state index contributed by atoms with van der Waals surface area (Å²) in [6.45, 7) is 0.975. The highest BCUT2D eigenvalue weighted by Gasteiger charge is 2.42. The number of aromatic nitrogens is 2. The zero-order valence-electron chi connectivity index (χ0n) is 17.1. The molecule has 0 radical (unpaired) electrons. The second-order valence-corrected chi connectivity index (χ2v) is 8.95. The van der Waals surface area contributed by atoms with Crippen LogP contribution in [-0.4, -0.2) is 46.8 Å². The average molecular weight is 482 g/mol. The molecule has 174 valence electrons. The van der Waals surface area contributed by atoms with Gasteiger partial charge in [-0.15, -0.1) is 11.3 Å². The van der Waals surface area contributed by atoms with E-state index in [1.54, 1.807) is 11.6 Å². The standard InChI is InChI=1S/C21H18F4N4O3S/c22-14-9-12-16(29(11-1-2-11)10-13(18(12)30)19(31)32)15(21(23,24)25)17(14)27-4-6-28(7-5-27)20-26-3-8-33-20/h3,8-11H,1-2,4-7H2,(H,31,32). The van der Waals surface area contributed by atoms with Crippen molar-refractivity contribution in [3.63, 3.8) is 0 Å². The summed E-state index contributed by atoms with van der Waals surface area (Å²) in [6, 6.07) is 0.383. The van der Waals surface area contributed by atoms with E-state index in [0.29, 0.717) is 25.9 Å². The number of fused-ring (bicyclic) bond motifs is 1. The van der Waals surface area contributed by atoms with Crippen LogP contribution in [0.3, 0.4) is 0 Å². The molecule has 2 aliphatic rings. The molecule has 7 nitrogen and oxygen atoms in total. The highest BCUT2D eigenvalue weighted by Crippen LogP contribution is 2.46. The molecular weight excluding hydrogens is 464 g/mol. The molecule has 1 aliphatic carbocycles. The molecule has 0 amide bonds. The molecule has 3 heterocycles. The highest BCUT2D eigenvalue weighted by molar-refractivity contribution is 7.13. The quantitative estimate of drug-likeness (QED) is 0.567. The predicted octanol–water partition coefficient (Wildman–Crippen LogP) is 3.98. The molecule has 0 atom stereocenters. The zero-order chi connectivity index (χ0) is 23.5. The van der Waals surface area contributed by atoms with Crippen LogP contribution < -0.4 is 15.2 Å². The molecule has 2 aromatic heterocycles. The Hall–Kier alpha value is -3.15. The maximum Gasteiger partial charge on any atom is 0.420 e. The van der Waals surface area contributed by atoms with E-state index in [0.717, 1.165) is 17.4 Å². The van der Waals surface area contributed by atoms with E-state index in [4.69, 9.17) is 0 Å². The smallest absolute Gasteiger partial charge is 0.420 e. The lowest BCUT2D eigenvalue weighted by Crippen LogP contribution is -2.47. The van der Waals surface area contributed by atoms with Gasteiger partial charge < -0.3 is 19.5 Å². The Balaban J connectivity index is 1.69. The van der Waals surface area contributed by atoms with Gasteiger partial charge in [0.25, 0.3) is 0 Å². The molecule has 1 aromatic carbocycles. The SMILES string of the molecule is O=C(O)c1cn(C2CC2)c2c(C(F)(F)F)c(N3CCN(c4nccs4)CC3)c(F)cc2c1=O. The van der Waals surface area contributed by atoms with E-state index < -0.39 is 51.1 Å². The molecule has 5 rings (SSSR count). The summed E-state index contributed by atoms with van der Waals surface area (Å²) >= 11 is 1.41. The summed E-state index contributed by atoms with van der Waals surface area (Å²) in [6.07, 6.45) is -1.27. The van der Waals surface area contributed by atoms with Crippen LogP contribution in [0.4, 0.5) is 28.4 Å². The Morgan fingerprint density at radius 3 is 2.36 bits per heavy atom. The minimum absolute atomic E-state index is 0.131. The lowest BCUT2D eigenvalue weighted by Gasteiger charge is -2.37. The number of piperazine rings is 1. The van der Waals surface area contributed by atoms with Crippen molar-refractivity contribution >= 4 is 39.0 Å². The third-order valence-electron chi connectivity index (χ3n) is 5.98. The third-order valence-corrected chi connectivity index (χ3v) is 6.81. The van der Waals surface area contributed by atoms with Crippen molar-refractivity contribution in [1.82, 2.24) is 9.55 Å². The van der Waals surface area contributed by atoms with Crippen LogP contribution in [0.5, 0.6) is 0 Å². The normalized spacial score (nSPS) is 17.1. The number of hydrogen-bond acceptors (Lipinski definition) is 6. The summed E-state index contributed by atoms with van der Waals surface area (Å²) < 4.78 is 59.7. The van der Waals surface area contributed by atoms with Crippen molar-refractivity contribution in [3.05, 3.63) is 51.0 Å². The molecule has 2 fully saturated rings. The number of halogens is 4. The highest BCUT2D eigenvalue weighted by atomic mass is 32.1. The molecule has 1 aliphatic heterocycles. The van der Waals surface area contributed by atoms with E-state index in [1.165, 1.54) is 20.8 Å². The molecule has 1 saturated heterocycles. The summed E-state index contributed by atoms with van der Waals surface area (Å²) in [5, 5.41) is 11.3. The first kappa shape index (κ1) is 21.7. The number of thiazole rings is 1. The Morgan fingerprint density at radius 2 is 1.82 bits per heavy atom. The van der Waals surface area contributed by atoms with Gasteiger partial charge in [-0.05, 0) is 18.9 Å². The minimum Gasteiger partial charge on any atom is -0.477 e. The molecule has 3 aromatic rings. The molecule has 12 heteroatoms. The van der Waals surface area contributed by atoms with Gasteiger partial charge in [-0.1, -0.05) is 0 Å². The van der Waals surface area contributed by atoms with Gasteiger partial charge in [0.2, 0.25) is 5.43 Å². The van der Waals surface area contributed by atoms with Crippen LogP contribution in [0.2, 0.25) is 0 Å². The van der Waals surface area contributed by atoms with E-state index in [2.05, 4.69) is 4.98 Å². The number of hydrogen-bond donors (Lipinski definition) is 1. The zero-order valence-corrected chi connectivity index (χ0v) is 17.9. The summed E-state index contributed by atoms with van der Waals surface area (Å²) in [7, 11) is 0. The molecular formula is C21H18F4N4O3S. The largest absolute Gasteiger partial charge is 0.477 e. The first-order valence-corrected chi connectivity index (χ1v) is 11.2. The first-order valence-electron chi connectivity index (χ1n) is 10.3. The predicted molar refractivity (Wildman–Crippen MR) is 115 cm³/mol. The van der Waals surface area contributed by atoms with Gasteiger partial charge in [-0.2, -0.15) is 13.2 Å². The fraction of sp³-hybridized carbons (Fsp3) is 0.381. The van der Waals surface area contributed by atoms with E-state index in [-0.39, 0.29) is 19.1 Å². The van der Waals surface area contributed by atoms with Gasteiger partial charge in [0.1, 0.15) is 16.9 Å². The van der Waals surface area contributed by atoms with Crippen molar-refractivity contribution < 1.29 is 27.5 Å². The topological polar surface area (TPSA) is 78.7 Å². The number of aromatic carboxylic acids is 1. The summed E-state index contributed by atoms with van der Waals surface area (Å²) in [5.41, 5.74) is -4.10. The van der Waals surface area contributed by atoms with Crippen molar-refractivity contribution in [2.45, 2.75) is 25.1 Å². The van der Waals surface area contributed by atoms with E-state index >= 15 is 4.39 Å². The lowest BCUT2D eigenvalue weighted by molar-refractivity contribution is -0.136. The third kappa shape index (κ3) is 3.71. The number of benzene rings is 1. The van der Waals surface area contributed by atoms with Crippen LogP contribution >= 0.6 is 11.3 Å². The number of carboxylic acid groups (broad SMARTS) is 1. The molecule has 0 unspecified atom stereocenters. The molecule has 1 N–H and O–H groups in total. The van der Waals surface area contributed by atoms with Crippen LogP contribution in [0.1, 0.15) is 34.8 Å². The van der Waals surface area contributed by atoms with Gasteiger partial charge in [-0.25, -0.2) is 14.2 Å². The van der Waals surface area contributed by atoms with Gasteiger partial charge in [-0.3, -0.25) is 4.79 Å².